The lowest BCUT2D eigenvalue weighted by Gasteiger charge is -2.27. The molecule has 0 radical (unpaired) electrons. The number of anilines is 1. The molecular weight excluding hydrogens is 254 g/mol. The molecule has 104 valence electrons. The standard InChI is InChI=1S/C15H17N3O2/c1-9-10(2)17(3)14-11(9)5-4-6-12(14)18-8-7-13(19)16-15(18)20/h4-6H,7-8H2,1-3H3,(H,16,19,20). The number of nitrogens with zero attached hydrogens (tertiary/aromatic N) is 2. The molecule has 1 aliphatic heterocycles. The molecule has 0 spiro atoms. The van der Waals surface area contributed by atoms with Crippen molar-refractivity contribution in [2.45, 2.75) is 20.3 Å². The van der Waals surface area contributed by atoms with E-state index in [1.165, 1.54) is 11.3 Å². The van der Waals surface area contributed by atoms with Gasteiger partial charge in [-0.25, -0.2) is 4.79 Å². The van der Waals surface area contributed by atoms with E-state index in [0.29, 0.717) is 13.0 Å². The summed E-state index contributed by atoms with van der Waals surface area (Å²) in [6.07, 6.45) is 0.338. The molecule has 1 saturated heterocycles. The molecule has 5 heteroatoms. The number of imide groups is 1. The Hall–Kier alpha value is -2.30. The van der Waals surface area contributed by atoms with Crippen LogP contribution in [0.1, 0.15) is 17.7 Å². The van der Waals surface area contributed by atoms with E-state index < -0.39 is 0 Å². The fourth-order valence-corrected chi connectivity index (χ4v) is 2.81. The molecule has 2 aromatic rings. The highest BCUT2D eigenvalue weighted by Crippen LogP contribution is 2.32. The number of para-hydroxylation sites is 1. The molecule has 0 aliphatic carbocycles. The van der Waals surface area contributed by atoms with Crippen molar-refractivity contribution in [2.24, 2.45) is 7.05 Å². The number of benzene rings is 1. The number of aryl methyl sites for hydroxylation is 2. The summed E-state index contributed by atoms with van der Waals surface area (Å²) in [7, 11) is 2.00. The number of hydrogen-bond acceptors (Lipinski definition) is 2. The summed E-state index contributed by atoms with van der Waals surface area (Å²) in [4.78, 5) is 25.0. The van der Waals surface area contributed by atoms with E-state index in [1.54, 1.807) is 4.90 Å². The largest absolute Gasteiger partial charge is 0.346 e. The number of urea groups is 1. The minimum Gasteiger partial charge on any atom is -0.346 e. The predicted octanol–water partition coefficient (Wildman–Crippen LogP) is 2.24. The Balaban J connectivity index is 2.20. The van der Waals surface area contributed by atoms with Crippen LogP contribution in [0.4, 0.5) is 10.5 Å². The van der Waals surface area contributed by atoms with Gasteiger partial charge in [0, 0.05) is 31.1 Å². The fraction of sp³-hybridized carbons (Fsp3) is 0.333. The smallest absolute Gasteiger partial charge is 0.328 e. The minimum absolute atomic E-state index is 0.210. The Morgan fingerprint density at radius 3 is 2.65 bits per heavy atom. The molecular formula is C15H17N3O2. The van der Waals surface area contributed by atoms with Crippen LogP contribution >= 0.6 is 0 Å². The molecule has 0 unspecified atom stereocenters. The molecule has 1 aromatic carbocycles. The van der Waals surface area contributed by atoms with Crippen LogP contribution in [0.5, 0.6) is 0 Å². The van der Waals surface area contributed by atoms with Gasteiger partial charge in [0.05, 0.1) is 11.2 Å². The average Bonchev–Trinajstić information content (AvgIpc) is 2.64. The van der Waals surface area contributed by atoms with E-state index in [1.807, 2.05) is 19.2 Å². The third kappa shape index (κ3) is 1.70. The molecule has 1 fully saturated rings. The van der Waals surface area contributed by atoms with Gasteiger partial charge in [0.25, 0.3) is 0 Å². The molecule has 0 bridgehead atoms. The van der Waals surface area contributed by atoms with Crippen LogP contribution in [0.3, 0.4) is 0 Å². The summed E-state index contributed by atoms with van der Waals surface area (Å²) in [5.41, 5.74) is 4.29. The Labute approximate surface area is 117 Å². The van der Waals surface area contributed by atoms with Crippen molar-refractivity contribution in [3.8, 4) is 0 Å². The molecule has 20 heavy (non-hydrogen) atoms. The van der Waals surface area contributed by atoms with E-state index >= 15 is 0 Å². The highest BCUT2D eigenvalue weighted by molar-refractivity contribution is 6.09. The third-order valence-electron chi connectivity index (χ3n) is 4.14. The van der Waals surface area contributed by atoms with Crippen molar-refractivity contribution in [2.75, 3.05) is 11.4 Å². The zero-order valence-electron chi connectivity index (χ0n) is 11.9. The van der Waals surface area contributed by atoms with Gasteiger partial charge in [-0.05, 0) is 25.5 Å². The number of carbonyl (C=O) groups is 2. The maximum atomic E-state index is 12.0. The lowest BCUT2D eigenvalue weighted by molar-refractivity contribution is -0.120. The van der Waals surface area contributed by atoms with Crippen molar-refractivity contribution in [3.63, 3.8) is 0 Å². The molecule has 0 atom stereocenters. The second-order valence-corrected chi connectivity index (χ2v) is 5.20. The molecule has 1 aliphatic rings. The van der Waals surface area contributed by atoms with E-state index in [2.05, 4.69) is 29.8 Å². The van der Waals surface area contributed by atoms with Crippen LogP contribution in [-0.4, -0.2) is 23.1 Å². The van der Waals surface area contributed by atoms with E-state index in [4.69, 9.17) is 0 Å². The summed E-state index contributed by atoms with van der Waals surface area (Å²) in [5, 5.41) is 3.52. The average molecular weight is 271 g/mol. The van der Waals surface area contributed by atoms with Gasteiger partial charge in [0.15, 0.2) is 0 Å². The summed E-state index contributed by atoms with van der Waals surface area (Å²) in [6.45, 7) is 4.58. The summed E-state index contributed by atoms with van der Waals surface area (Å²) < 4.78 is 2.10. The van der Waals surface area contributed by atoms with Crippen LogP contribution in [0.2, 0.25) is 0 Å². The first-order valence-electron chi connectivity index (χ1n) is 6.66. The highest BCUT2D eigenvalue weighted by Gasteiger charge is 2.26. The molecule has 3 rings (SSSR count). The van der Waals surface area contributed by atoms with Gasteiger partial charge < -0.3 is 4.57 Å². The Morgan fingerprint density at radius 2 is 1.95 bits per heavy atom. The van der Waals surface area contributed by atoms with E-state index in [9.17, 15) is 9.59 Å². The number of amides is 3. The first kappa shape index (κ1) is 12.7. The number of nitrogens with one attached hydrogen (secondary N) is 1. The number of fused-ring (bicyclic) bond motifs is 1. The molecule has 3 amide bonds. The number of aromatic nitrogens is 1. The van der Waals surface area contributed by atoms with Gasteiger partial charge in [0.2, 0.25) is 5.91 Å². The van der Waals surface area contributed by atoms with Gasteiger partial charge in [-0.2, -0.15) is 0 Å². The van der Waals surface area contributed by atoms with Crippen molar-refractivity contribution in [1.82, 2.24) is 9.88 Å². The summed E-state index contributed by atoms with van der Waals surface area (Å²) in [5.74, 6) is -0.210. The maximum absolute atomic E-state index is 12.0. The zero-order chi connectivity index (χ0) is 14.4. The quantitative estimate of drug-likeness (QED) is 0.864. The normalized spacial score (nSPS) is 15.8. The Kier molecular flexibility index (Phi) is 2.78. The first-order chi connectivity index (χ1) is 9.50. The lowest BCUT2D eigenvalue weighted by Crippen LogP contribution is -2.49. The van der Waals surface area contributed by atoms with E-state index in [0.717, 1.165) is 16.6 Å². The van der Waals surface area contributed by atoms with Crippen LogP contribution in [-0.2, 0) is 11.8 Å². The molecule has 0 saturated carbocycles. The SMILES string of the molecule is Cc1c(C)n(C)c2c(N3CCC(=O)NC3=O)cccc12. The molecule has 2 heterocycles. The molecule has 1 N–H and O–H groups in total. The van der Waals surface area contributed by atoms with Crippen LogP contribution in [0.15, 0.2) is 18.2 Å². The third-order valence-corrected chi connectivity index (χ3v) is 4.14. The van der Waals surface area contributed by atoms with Crippen molar-refractivity contribution in [3.05, 3.63) is 29.5 Å². The van der Waals surface area contributed by atoms with Gasteiger partial charge in [-0.15, -0.1) is 0 Å². The summed E-state index contributed by atoms with van der Waals surface area (Å²) >= 11 is 0. The van der Waals surface area contributed by atoms with Gasteiger partial charge in [0.1, 0.15) is 0 Å². The van der Waals surface area contributed by atoms with Gasteiger partial charge in [-0.1, -0.05) is 12.1 Å². The minimum atomic E-state index is -0.342. The monoisotopic (exact) mass is 271 g/mol. The second-order valence-electron chi connectivity index (χ2n) is 5.20. The van der Waals surface area contributed by atoms with Gasteiger partial charge in [-0.3, -0.25) is 15.0 Å². The van der Waals surface area contributed by atoms with Crippen molar-refractivity contribution >= 4 is 28.5 Å². The number of carbonyl (C=O) groups excluding carboxylic acids is 2. The van der Waals surface area contributed by atoms with Crippen LogP contribution in [0, 0.1) is 13.8 Å². The lowest BCUT2D eigenvalue weighted by atomic mass is 10.1. The van der Waals surface area contributed by atoms with Crippen LogP contribution < -0.4 is 10.2 Å². The van der Waals surface area contributed by atoms with Crippen LogP contribution in [0.25, 0.3) is 10.9 Å². The molecule has 1 aromatic heterocycles. The second kappa shape index (κ2) is 4.37. The Bertz CT molecular complexity index is 730. The predicted molar refractivity (Wildman–Crippen MR) is 77.9 cm³/mol. The van der Waals surface area contributed by atoms with E-state index in [-0.39, 0.29) is 11.9 Å². The highest BCUT2D eigenvalue weighted by atomic mass is 16.2. The van der Waals surface area contributed by atoms with Crippen molar-refractivity contribution in [1.29, 1.82) is 0 Å². The zero-order valence-corrected chi connectivity index (χ0v) is 11.9. The maximum Gasteiger partial charge on any atom is 0.328 e. The number of rotatable bonds is 1. The fourth-order valence-electron chi connectivity index (χ4n) is 2.81. The first-order valence-corrected chi connectivity index (χ1v) is 6.66. The summed E-state index contributed by atoms with van der Waals surface area (Å²) in [6, 6.07) is 5.60. The van der Waals surface area contributed by atoms with Gasteiger partial charge >= 0.3 is 6.03 Å². The number of hydrogen-bond donors (Lipinski definition) is 1. The topological polar surface area (TPSA) is 54.3 Å². The van der Waals surface area contributed by atoms with Crippen molar-refractivity contribution < 1.29 is 9.59 Å². The molecule has 5 nitrogen and oxygen atoms in total. The Morgan fingerprint density at radius 1 is 1.20 bits per heavy atom.